The molecule has 0 radical (unpaired) electrons. The van der Waals surface area contributed by atoms with Crippen molar-refractivity contribution >= 4 is 17.2 Å². The minimum atomic E-state index is -0.213. The molecule has 2 aromatic heterocycles. The van der Waals surface area contributed by atoms with Crippen LogP contribution in [0, 0.1) is 0 Å². The van der Waals surface area contributed by atoms with Crippen molar-refractivity contribution in [3.05, 3.63) is 53.0 Å². The molecular formula is C19H20N2O4S. The molecule has 26 heavy (non-hydrogen) atoms. The van der Waals surface area contributed by atoms with Crippen LogP contribution in [-0.2, 0) is 6.54 Å². The first-order chi connectivity index (χ1) is 12.7. The van der Waals surface area contributed by atoms with E-state index in [1.165, 1.54) is 0 Å². The van der Waals surface area contributed by atoms with Gasteiger partial charge in [-0.05, 0) is 43.5 Å². The number of rotatable bonds is 8. The second-order valence-corrected chi connectivity index (χ2v) is 6.32. The number of hydrogen-bond donors (Lipinski definition) is 1. The third-order valence-corrected chi connectivity index (χ3v) is 4.44. The summed E-state index contributed by atoms with van der Waals surface area (Å²) in [6.45, 7) is 5.10. The summed E-state index contributed by atoms with van der Waals surface area (Å²) >= 11 is 1.58. The molecule has 0 aliphatic carbocycles. The number of hydrogen-bond acceptors (Lipinski definition) is 6. The summed E-state index contributed by atoms with van der Waals surface area (Å²) in [4.78, 5) is 13.4. The van der Waals surface area contributed by atoms with Gasteiger partial charge in [-0.3, -0.25) is 4.79 Å². The lowest BCUT2D eigenvalue weighted by molar-refractivity contribution is 0.0949. The highest BCUT2D eigenvalue weighted by Gasteiger charge is 2.13. The average molecular weight is 372 g/mol. The SMILES string of the molecule is CCOc1ccc(C(=O)NCc2cc(-c3cccs3)on2)cc1OCC. The van der Waals surface area contributed by atoms with E-state index in [2.05, 4.69) is 10.5 Å². The van der Waals surface area contributed by atoms with E-state index >= 15 is 0 Å². The molecule has 3 aromatic rings. The van der Waals surface area contributed by atoms with Gasteiger partial charge in [-0.2, -0.15) is 0 Å². The maximum Gasteiger partial charge on any atom is 0.251 e. The Morgan fingerprint density at radius 1 is 1.15 bits per heavy atom. The lowest BCUT2D eigenvalue weighted by Gasteiger charge is -2.12. The summed E-state index contributed by atoms with van der Waals surface area (Å²) in [6.07, 6.45) is 0. The molecule has 0 saturated heterocycles. The Labute approximate surface area is 155 Å². The highest BCUT2D eigenvalue weighted by Crippen LogP contribution is 2.28. The molecule has 2 heterocycles. The van der Waals surface area contributed by atoms with Crippen LogP contribution in [0.5, 0.6) is 11.5 Å². The van der Waals surface area contributed by atoms with Gasteiger partial charge < -0.3 is 19.3 Å². The Kier molecular flexibility index (Phi) is 5.91. The first-order valence-corrected chi connectivity index (χ1v) is 9.26. The smallest absolute Gasteiger partial charge is 0.251 e. The normalized spacial score (nSPS) is 10.5. The maximum atomic E-state index is 12.4. The Morgan fingerprint density at radius 2 is 1.96 bits per heavy atom. The van der Waals surface area contributed by atoms with Crippen LogP contribution in [-0.4, -0.2) is 24.3 Å². The predicted octanol–water partition coefficient (Wildman–Crippen LogP) is 4.13. The Balaban J connectivity index is 1.65. The topological polar surface area (TPSA) is 73.6 Å². The van der Waals surface area contributed by atoms with Gasteiger partial charge in [0.25, 0.3) is 5.91 Å². The summed E-state index contributed by atoms with van der Waals surface area (Å²) in [6, 6.07) is 10.9. The van der Waals surface area contributed by atoms with Crippen LogP contribution in [0.4, 0.5) is 0 Å². The summed E-state index contributed by atoms with van der Waals surface area (Å²) < 4.78 is 16.4. The van der Waals surface area contributed by atoms with Crippen LogP contribution < -0.4 is 14.8 Å². The number of carbonyl (C=O) groups is 1. The first-order valence-electron chi connectivity index (χ1n) is 8.38. The molecule has 1 N–H and O–H groups in total. The number of amides is 1. The lowest BCUT2D eigenvalue weighted by atomic mass is 10.2. The molecule has 0 fully saturated rings. The van der Waals surface area contributed by atoms with E-state index in [-0.39, 0.29) is 12.5 Å². The standard InChI is InChI=1S/C19H20N2O4S/c1-3-23-15-8-7-13(10-16(15)24-4-2)19(22)20-12-14-11-17(25-21-14)18-6-5-9-26-18/h5-11H,3-4,12H2,1-2H3,(H,20,22). The van der Waals surface area contributed by atoms with Crippen molar-refractivity contribution in [3.63, 3.8) is 0 Å². The molecule has 1 amide bonds. The van der Waals surface area contributed by atoms with Gasteiger partial charge in [-0.1, -0.05) is 11.2 Å². The van der Waals surface area contributed by atoms with Crippen LogP contribution >= 0.6 is 11.3 Å². The van der Waals surface area contributed by atoms with E-state index in [1.54, 1.807) is 29.5 Å². The van der Waals surface area contributed by atoms with E-state index in [0.29, 0.717) is 41.7 Å². The van der Waals surface area contributed by atoms with Crippen molar-refractivity contribution in [3.8, 4) is 22.1 Å². The highest BCUT2D eigenvalue weighted by molar-refractivity contribution is 7.13. The molecular weight excluding hydrogens is 352 g/mol. The van der Waals surface area contributed by atoms with Gasteiger partial charge in [-0.25, -0.2) is 0 Å². The van der Waals surface area contributed by atoms with Crippen molar-refractivity contribution in [1.82, 2.24) is 10.5 Å². The van der Waals surface area contributed by atoms with E-state index < -0.39 is 0 Å². The average Bonchev–Trinajstić information content (AvgIpc) is 3.33. The third kappa shape index (κ3) is 4.23. The van der Waals surface area contributed by atoms with E-state index in [1.807, 2.05) is 37.4 Å². The molecule has 3 rings (SSSR count). The maximum absolute atomic E-state index is 12.4. The molecule has 0 unspecified atom stereocenters. The van der Waals surface area contributed by atoms with Crippen LogP contribution in [0.2, 0.25) is 0 Å². The van der Waals surface area contributed by atoms with Crippen molar-refractivity contribution in [2.45, 2.75) is 20.4 Å². The van der Waals surface area contributed by atoms with E-state index in [4.69, 9.17) is 14.0 Å². The fourth-order valence-electron chi connectivity index (χ4n) is 2.40. The Morgan fingerprint density at radius 3 is 2.69 bits per heavy atom. The zero-order valence-electron chi connectivity index (χ0n) is 14.7. The molecule has 7 heteroatoms. The van der Waals surface area contributed by atoms with Crippen LogP contribution in [0.1, 0.15) is 29.9 Å². The second-order valence-electron chi connectivity index (χ2n) is 5.37. The molecule has 0 spiro atoms. The summed E-state index contributed by atoms with van der Waals surface area (Å²) in [7, 11) is 0. The van der Waals surface area contributed by atoms with Gasteiger partial charge >= 0.3 is 0 Å². The summed E-state index contributed by atoms with van der Waals surface area (Å²) in [5.41, 5.74) is 1.16. The number of benzene rings is 1. The molecule has 0 aliphatic rings. The van der Waals surface area contributed by atoms with Gasteiger partial charge in [-0.15, -0.1) is 11.3 Å². The van der Waals surface area contributed by atoms with Gasteiger partial charge in [0.15, 0.2) is 17.3 Å². The molecule has 0 saturated carbocycles. The van der Waals surface area contributed by atoms with Crippen molar-refractivity contribution in [2.75, 3.05) is 13.2 Å². The van der Waals surface area contributed by atoms with Crippen molar-refractivity contribution in [1.29, 1.82) is 0 Å². The van der Waals surface area contributed by atoms with Crippen molar-refractivity contribution in [2.24, 2.45) is 0 Å². The van der Waals surface area contributed by atoms with Gasteiger partial charge in [0.2, 0.25) is 0 Å². The third-order valence-electron chi connectivity index (χ3n) is 3.56. The highest BCUT2D eigenvalue weighted by atomic mass is 32.1. The zero-order valence-corrected chi connectivity index (χ0v) is 15.5. The zero-order chi connectivity index (χ0) is 18.4. The van der Waals surface area contributed by atoms with Gasteiger partial charge in [0.1, 0.15) is 5.69 Å². The molecule has 0 atom stereocenters. The number of nitrogens with zero attached hydrogens (tertiary/aromatic N) is 1. The molecule has 6 nitrogen and oxygen atoms in total. The van der Waals surface area contributed by atoms with Gasteiger partial charge in [0.05, 0.1) is 24.6 Å². The quantitative estimate of drug-likeness (QED) is 0.643. The number of aromatic nitrogens is 1. The number of thiophene rings is 1. The first kappa shape index (κ1) is 18.0. The van der Waals surface area contributed by atoms with Gasteiger partial charge in [0, 0.05) is 11.6 Å². The number of ether oxygens (including phenoxy) is 2. The fraction of sp³-hybridized carbons (Fsp3) is 0.263. The van der Waals surface area contributed by atoms with Crippen LogP contribution in [0.15, 0.2) is 46.3 Å². The van der Waals surface area contributed by atoms with Crippen LogP contribution in [0.3, 0.4) is 0 Å². The molecule has 1 aromatic carbocycles. The predicted molar refractivity (Wildman–Crippen MR) is 99.8 cm³/mol. The Hall–Kier alpha value is -2.80. The molecule has 136 valence electrons. The monoisotopic (exact) mass is 372 g/mol. The van der Waals surface area contributed by atoms with Crippen molar-refractivity contribution < 1.29 is 18.8 Å². The molecule has 0 bridgehead atoms. The Bertz CT molecular complexity index is 858. The lowest BCUT2D eigenvalue weighted by Crippen LogP contribution is -2.23. The number of carbonyl (C=O) groups excluding carboxylic acids is 1. The molecule has 0 aliphatic heterocycles. The number of nitrogens with one attached hydrogen (secondary N) is 1. The fourth-order valence-corrected chi connectivity index (χ4v) is 3.07. The van der Waals surface area contributed by atoms with E-state index in [9.17, 15) is 4.79 Å². The summed E-state index contributed by atoms with van der Waals surface area (Å²) in [5, 5.41) is 8.81. The largest absolute Gasteiger partial charge is 0.490 e. The summed E-state index contributed by atoms with van der Waals surface area (Å²) in [5.74, 6) is 1.67. The minimum absolute atomic E-state index is 0.213. The van der Waals surface area contributed by atoms with E-state index in [0.717, 1.165) is 4.88 Å². The second kappa shape index (κ2) is 8.53. The van der Waals surface area contributed by atoms with Crippen LogP contribution in [0.25, 0.3) is 10.6 Å². The minimum Gasteiger partial charge on any atom is -0.490 e.